The van der Waals surface area contributed by atoms with Gasteiger partial charge in [0.1, 0.15) is 0 Å². The van der Waals surface area contributed by atoms with Crippen LogP contribution >= 0.6 is 0 Å². The number of hydrogen-bond donors (Lipinski definition) is 0. The normalized spacial score (nSPS) is 12.2. The highest BCUT2D eigenvalue weighted by Gasteiger charge is 2.14. The van der Waals surface area contributed by atoms with E-state index in [1.807, 2.05) is 38.1 Å². The molecule has 0 N–H and O–H groups in total. The number of aryl methyl sites for hydroxylation is 2. The lowest BCUT2D eigenvalue weighted by Gasteiger charge is -2.06. The molecule has 0 unspecified atom stereocenters. The molecule has 208 valence electrons. The Morgan fingerprint density at radius 1 is 0.378 bits per heavy atom. The molecule has 0 saturated heterocycles. The molecule has 0 atom stereocenters. The number of rotatable bonds is 20. The third-order valence-corrected chi connectivity index (χ3v) is 10.7. The van der Waals surface area contributed by atoms with Crippen molar-refractivity contribution in [1.29, 1.82) is 0 Å². The Morgan fingerprint density at radius 2 is 0.595 bits per heavy atom. The molecule has 0 aliphatic heterocycles. The van der Waals surface area contributed by atoms with Gasteiger partial charge in [-0.05, 0) is 51.0 Å². The van der Waals surface area contributed by atoms with Crippen molar-refractivity contribution < 1.29 is 16.8 Å². The van der Waals surface area contributed by atoms with E-state index >= 15 is 0 Å². The average molecular weight is 549 g/mol. The van der Waals surface area contributed by atoms with Crippen LogP contribution in [0, 0.1) is 13.8 Å². The molecule has 6 heteroatoms. The molecule has 0 saturated carbocycles. The summed E-state index contributed by atoms with van der Waals surface area (Å²) < 4.78 is 49.5. The third kappa shape index (κ3) is 13.1. The van der Waals surface area contributed by atoms with Crippen LogP contribution in [-0.4, -0.2) is 28.3 Å². The first-order valence-corrected chi connectivity index (χ1v) is 17.6. The minimum absolute atomic E-state index is 0.253. The number of sulfone groups is 2. The summed E-state index contributed by atoms with van der Waals surface area (Å²) in [5, 5.41) is 0. The molecule has 0 heterocycles. The molecule has 2 aromatic rings. The van der Waals surface area contributed by atoms with Crippen molar-refractivity contribution in [3.63, 3.8) is 0 Å². The molecule has 0 fully saturated rings. The molecule has 37 heavy (non-hydrogen) atoms. The van der Waals surface area contributed by atoms with Gasteiger partial charge in [-0.15, -0.1) is 0 Å². The molecule has 0 aliphatic carbocycles. The summed E-state index contributed by atoms with van der Waals surface area (Å²) in [5.74, 6) is 0.505. The van der Waals surface area contributed by atoms with Gasteiger partial charge < -0.3 is 0 Å². The van der Waals surface area contributed by atoms with Gasteiger partial charge in [0.05, 0.1) is 21.3 Å². The molecule has 2 aromatic carbocycles. The second kappa shape index (κ2) is 17.0. The minimum Gasteiger partial charge on any atom is -0.224 e. The Hall–Kier alpha value is -1.66. The lowest BCUT2D eigenvalue weighted by Crippen LogP contribution is -2.06. The maximum atomic E-state index is 12.4. The van der Waals surface area contributed by atoms with Crippen LogP contribution in [0.1, 0.15) is 107 Å². The summed E-state index contributed by atoms with van der Waals surface area (Å²) >= 11 is 0. The molecule has 0 bridgehead atoms. The van der Waals surface area contributed by atoms with E-state index in [-0.39, 0.29) is 11.5 Å². The molecule has 0 radical (unpaired) electrons. The van der Waals surface area contributed by atoms with Crippen LogP contribution in [-0.2, 0) is 19.7 Å². The smallest absolute Gasteiger partial charge is 0.178 e. The second-order valence-electron chi connectivity index (χ2n) is 10.6. The second-order valence-corrected chi connectivity index (χ2v) is 14.8. The summed E-state index contributed by atoms with van der Waals surface area (Å²) in [7, 11) is -6.28. The Morgan fingerprint density at radius 3 is 0.838 bits per heavy atom. The minimum atomic E-state index is -3.14. The van der Waals surface area contributed by atoms with Crippen LogP contribution in [0.4, 0.5) is 0 Å². The van der Waals surface area contributed by atoms with E-state index in [0.717, 1.165) is 49.7 Å². The third-order valence-electron chi connectivity index (χ3n) is 7.09. The summed E-state index contributed by atoms with van der Waals surface area (Å²) in [6.07, 6.45) is 17.0. The fourth-order valence-electron chi connectivity index (χ4n) is 4.61. The van der Waals surface area contributed by atoms with Crippen LogP contribution in [0.3, 0.4) is 0 Å². The van der Waals surface area contributed by atoms with Crippen molar-refractivity contribution >= 4 is 19.7 Å². The largest absolute Gasteiger partial charge is 0.224 e. The first-order chi connectivity index (χ1) is 17.7. The lowest BCUT2D eigenvalue weighted by molar-refractivity contribution is 0.533. The first-order valence-electron chi connectivity index (χ1n) is 14.3. The van der Waals surface area contributed by atoms with Gasteiger partial charge in [0.25, 0.3) is 0 Å². The zero-order valence-electron chi connectivity index (χ0n) is 23.1. The zero-order chi connectivity index (χ0) is 27.0. The maximum Gasteiger partial charge on any atom is 0.178 e. The SMILES string of the molecule is Cc1ccc(S(=O)(=O)CCCCCCCCCCCCCCCCCS(=O)(=O)c2ccc(C)cc2)cc1. The molecule has 2 rings (SSSR count). The summed E-state index contributed by atoms with van der Waals surface area (Å²) in [4.78, 5) is 0.893. The van der Waals surface area contributed by atoms with Crippen LogP contribution in [0.2, 0.25) is 0 Å². The maximum absolute atomic E-state index is 12.4. The number of unbranched alkanes of at least 4 members (excludes halogenated alkanes) is 14. The predicted octanol–water partition coefficient (Wildman–Crippen LogP) is 8.40. The molecule has 4 nitrogen and oxygen atoms in total. The fraction of sp³-hybridized carbons (Fsp3) is 0.613. The highest BCUT2D eigenvalue weighted by atomic mass is 32.2. The van der Waals surface area contributed by atoms with Gasteiger partial charge in [-0.2, -0.15) is 0 Å². The van der Waals surface area contributed by atoms with Gasteiger partial charge in [0.2, 0.25) is 0 Å². The van der Waals surface area contributed by atoms with Crippen molar-refractivity contribution in [3.8, 4) is 0 Å². The molecule has 0 amide bonds. The van der Waals surface area contributed by atoms with Crippen molar-refractivity contribution in [3.05, 3.63) is 59.7 Å². The topological polar surface area (TPSA) is 68.3 Å². The average Bonchev–Trinajstić information content (AvgIpc) is 2.86. The van der Waals surface area contributed by atoms with Gasteiger partial charge in [-0.3, -0.25) is 0 Å². The van der Waals surface area contributed by atoms with E-state index in [1.165, 1.54) is 57.8 Å². The van der Waals surface area contributed by atoms with E-state index in [4.69, 9.17) is 0 Å². The van der Waals surface area contributed by atoms with Gasteiger partial charge in [0, 0.05) is 0 Å². The first kappa shape index (κ1) is 31.6. The molecule has 0 spiro atoms. The predicted molar refractivity (Wildman–Crippen MR) is 156 cm³/mol. The molecular weight excluding hydrogens is 500 g/mol. The van der Waals surface area contributed by atoms with E-state index in [2.05, 4.69) is 0 Å². The standard InChI is InChI=1S/C31H48O4S2/c1-28-18-22-30(23-19-28)36(32,33)26-16-14-12-10-8-6-4-3-5-7-9-11-13-15-17-27-37(34,35)31-24-20-29(2)21-25-31/h18-25H,3-17,26-27H2,1-2H3. The van der Waals surface area contributed by atoms with Crippen LogP contribution < -0.4 is 0 Å². The Bertz CT molecular complexity index is 997. The van der Waals surface area contributed by atoms with Crippen molar-refractivity contribution in [2.24, 2.45) is 0 Å². The van der Waals surface area contributed by atoms with Crippen molar-refractivity contribution in [2.45, 2.75) is 120 Å². The molecule has 0 aliphatic rings. The van der Waals surface area contributed by atoms with Gasteiger partial charge in [-0.25, -0.2) is 16.8 Å². The van der Waals surface area contributed by atoms with Gasteiger partial charge >= 0.3 is 0 Å². The monoisotopic (exact) mass is 548 g/mol. The molecular formula is C31H48O4S2. The van der Waals surface area contributed by atoms with Crippen LogP contribution in [0.25, 0.3) is 0 Å². The fourth-order valence-corrected chi connectivity index (χ4v) is 7.35. The zero-order valence-corrected chi connectivity index (χ0v) is 24.7. The van der Waals surface area contributed by atoms with Crippen LogP contribution in [0.5, 0.6) is 0 Å². The van der Waals surface area contributed by atoms with E-state index in [0.29, 0.717) is 9.79 Å². The van der Waals surface area contributed by atoms with Gasteiger partial charge in [0.15, 0.2) is 19.7 Å². The Balaban J connectivity index is 1.35. The highest BCUT2D eigenvalue weighted by molar-refractivity contribution is 7.91. The quantitative estimate of drug-likeness (QED) is 0.156. The van der Waals surface area contributed by atoms with Crippen molar-refractivity contribution in [1.82, 2.24) is 0 Å². The van der Waals surface area contributed by atoms with E-state index < -0.39 is 19.7 Å². The number of benzene rings is 2. The number of hydrogen-bond acceptors (Lipinski definition) is 4. The molecule has 0 aromatic heterocycles. The highest BCUT2D eigenvalue weighted by Crippen LogP contribution is 2.17. The summed E-state index contributed by atoms with van der Waals surface area (Å²) in [6.45, 7) is 3.93. The van der Waals surface area contributed by atoms with E-state index in [1.54, 1.807) is 24.3 Å². The summed E-state index contributed by atoms with van der Waals surface area (Å²) in [5.41, 5.74) is 2.16. The van der Waals surface area contributed by atoms with Crippen LogP contribution in [0.15, 0.2) is 58.3 Å². The van der Waals surface area contributed by atoms with Gasteiger partial charge in [-0.1, -0.05) is 119 Å². The van der Waals surface area contributed by atoms with Crippen molar-refractivity contribution in [2.75, 3.05) is 11.5 Å². The van der Waals surface area contributed by atoms with E-state index in [9.17, 15) is 16.8 Å². The lowest BCUT2D eigenvalue weighted by atomic mass is 10.0. The Labute approximate surface area is 227 Å². The Kier molecular flexibility index (Phi) is 14.5. The summed E-state index contributed by atoms with van der Waals surface area (Å²) in [6, 6.07) is 14.3.